The van der Waals surface area contributed by atoms with E-state index in [9.17, 15) is 9.59 Å². The summed E-state index contributed by atoms with van der Waals surface area (Å²) >= 11 is 0. The average molecular weight is 254 g/mol. The van der Waals surface area contributed by atoms with Gasteiger partial charge in [0.05, 0.1) is 6.61 Å². The molecule has 0 aromatic rings. The van der Waals surface area contributed by atoms with Gasteiger partial charge in [0.2, 0.25) is 11.8 Å². The Hall–Kier alpha value is -1.10. The van der Waals surface area contributed by atoms with Crippen LogP contribution in [-0.4, -0.2) is 48.1 Å². The lowest BCUT2D eigenvalue weighted by Gasteiger charge is -2.43. The number of nitrogens with zero attached hydrogens (tertiary/aromatic N) is 1. The maximum absolute atomic E-state index is 12.5. The number of piperazine rings is 1. The second kappa shape index (κ2) is 4.88. The zero-order valence-electron chi connectivity index (χ0n) is 11.4. The molecule has 1 heterocycles. The van der Waals surface area contributed by atoms with Crippen LogP contribution >= 0.6 is 0 Å². The zero-order chi connectivity index (χ0) is 13.3. The summed E-state index contributed by atoms with van der Waals surface area (Å²) in [6.07, 6.45) is 2.05. The molecule has 1 aliphatic carbocycles. The van der Waals surface area contributed by atoms with Crippen molar-refractivity contribution in [2.45, 2.75) is 45.2 Å². The van der Waals surface area contributed by atoms with Crippen LogP contribution in [0.25, 0.3) is 0 Å². The van der Waals surface area contributed by atoms with Crippen LogP contribution in [0.4, 0.5) is 0 Å². The maximum Gasteiger partial charge on any atom is 0.249 e. The van der Waals surface area contributed by atoms with Gasteiger partial charge in [-0.15, -0.1) is 0 Å². The standard InChI is InChI=1S/C13H22N2O3/c1-4-18-8-7-15-9(2)11(16)14-13(3,12(15)17)10-5-6-10/h9-10H,4-8H2,1-3H3,(H,14,16). The lowest BCUT2D eigenvalue weighted by Crippen LogP contribution is -2.69. The molecule has 5 heteroatoms. The monoisotopic (exact) mass is 254 g/mol. The van der Waals surface area contributed by atoms with Crippen molar-refractivity contribution in [2.24, 2.45) is 5.92 Å². The zero-order valence-corrected chi connectivity index (χ0v) is 11.4. The summed E-state index contributed by atoms with van der Waals surface area (Å²) in [5, 5.41) is 2.90. The predicted octanol–water partition coefficient (Wildman–Crippen LogP) is 0.538. The Morgan fingerprint density at radius 2 is 2.11 bits per heavy atom. The van der Waals surface area contributed by atoms with Crippen LogP contribution in [0.3, 0.4) is 0 Å². The molecule has 0 bridgehead atoms. The van der Waals surface area contributed by atoms with E-state index in [1.807, 2.05) is 13.8 Å². The third kappa shape index (κ3) is 2.23. The Morgan fingerprint density at radius 1 is 1.44 bits per heavy atom. The minimum Gasteiger partial charge on any atom is -0.380 e. The van der Waals surface area contributed by atoms with E-state index in [2.05, 4.69) is 5.32 Å². The number of hydrogen-bond acceptors (Lipinski definition) is 3. The van der Waals surface area contributed by atoms with Gasteiger partial charge in [0.15, 0.2) is 0 Å². The van der Waals surface area contributed by atoms with Crippen molar-refractivity contribution >= 4 is 11.8 Å². The van der Waals surface area contributed by atoms with Crippen LogP contribution in [0.15, 0.2) is 0 Å². The lowest BCUT2D eigenvalue weighted by molar-refractivity contribution is -0.155. The first-order valence-corrected chi connectivity index (χ1v) is 6.71. The second-order valence-corrected chi connectivity index (χ2v) is 5.34. The highest BCUT2D eigenvalue weighted by Gasteiger charge is 2.54. The van der Waals surface area contributed by atoms with E-state index in [0.717, 1.165) is 12.8 Å². The van der Waals surface area contributed by atoms with Crippen LogP contribution in [-0.2, 0) is 14.3 Å². The molecule has 2 fully saturated rings. The summed E-state index contributed by atoms with van der Waals surface area (Å²) in [5.74, 6) is 0.286. The predicted molar refractivity (Wildman–Crippen MR) is 66.9 cm³/mol. The SMILES string of the molecule is CCOCCN1C(=O)C(C)(C2CC2)NC(=O)C1C. The first kappa shape index (κ1) is 13.3. The topological polar surface area (TPSA) is 58.6 Å². The number of hydrogen-bond donors (Lipinski definition) is 1. The fraction of sp³-hybridized carbons (Fsp3) is 0.846. The molecule has 5 nitrogen and oxygen atoms in total. The van der Waals surface area contributed by atoms with E-state index in [1.165, 1.54) is 0 Å². The molecule has 1 saturated carbocycles. The highest BCUT2D eigenvalue weighted by Crippen LogP contribution is 2.42. The number of carbonyl (C=O) groups is 2. The molecule has 0 aromatic carbocycles. The number of ether oxygens (including phenoxy) is 1. The van der Waals surface area contributed by atoms with Crippen molar-refractivity contribution in [3.8, 4) is 0 Å². The van der Waals surface area contributed by atoms with Crippen molar-refractivity contribution in [1.29, 1.82) is 0 Å². The number of amides is 2. The van der Waals surface area contributed by atoms with Crippen molar-refractivity contribution in [1.82, 2.24) is 10.2 Å². The third-order valence-electron chi connectivity index (χ3n) is 4.01. The summed E-state index contributed by atoms with van der Waals surface area (Å²) in [7, 11) is 0. The molecule has 2 aliphatic rings. The Balaban J connectivity index is 2.10. The second-order valence-electron chi connectivity index (χ2n) is 5.34. The molecule has 102 valence electrons. The molecule has 2 unspecified atom stereocenters. The molecule has 1 saturated heterocycles. The van der Waals surface area contributed by atoms with E-state index in [0.29, 0.717) is 25.7 Å². The Kier molecular flexibility index (Phi) is 3.61. The van der Waals surface area contributed by atoms with Gasteiger partial charge in [-0.05, 0) is 39.5 Å². The number of rotatable bonds is 5. The normalized spacial score (nSPS) is 32.6. The van der Waals surface area contributed by atoms with E-state index < -0.39 is 11.6 Å². The highest BCUT2D eigenvalue weighted by molar-refractivity contribution is 5.99. The first-order chi connectivity index (χ1) is 8.50. The average Bonchev–Trinajstić information content (AvgIpc) is 3.15. The van der Waals surface area contributed by atoms with E-state index in [1.54, 1.807) is 11.8 Å². The van der Waals surface area contributed by atoms with Crippen LogP contribution < -0.4 is 5.32 Å². The summed E-state index contributed by atoms with van der Waals surface area (Å²) in [6, 6.07) is -0.398. The molecule has 0 aromatic heterocycles. The van der Waals surface area contributed by atoms with Gasteiger partial charge < -0.3 is 15.0 Å². The lowest BCUT2D eigenvalue weighted by atomic mass is 9.90. The third-order valence-corrected chi connectivity index (χ3v) is 4.01. The fourth-order valence-electron chi connectivity index (χ4n) is 2.57. The molecule has 2 rings (SSSR count). The van der Waals surface area contributed by atoms with Crippen LogP contribution in [0, 0.1) is 5.92 Å². The van der Waals surface area contributed by atoms with Crippen molar-refractivity contribution in [3.63, 3.8) is 0 Å². The smallest absolute Gasteiger partial charge is 0.249 e. The van der Waals surface area contributed by atoms with Gasteiger partial charge in [-0.1, -0.05) is 0 Å². The van der Waals surface area contributed by atoms with Gasteiger partial charge in [-0.2, -0.15) is 0 Å². The molecular weight excluding hydrogens is 232 g/mol. The maximum atomic E-state index is 12.5. The van der Waals surface area contributed by atoms with Gasteiger partial charge >= 0.3 is 0 Å². The molecule has 1 N–H and O–H groups in total. The molecule has 2 amide bonds. The molecular formula is C13H22N2O3. The summed E-state index contributed by atoms with van der Waals surface area (Å²) in [5.41, 5.74) is -0.699. The quantitative estimate of drug-likeness (QED) is 0.728. The summed E-state index contributed by atoms with van der Waals surface area (Å²) in [6.45, 7) is 7.14. The molecule has 18 heavy (non-hydrogen) atoms. The van der Waals surface area contributed by atoms with Crippen LogP contribution in [0.5, 0.6) is 0 Å². The van der Waals surface area contributed by atoms with Crippen LogP contribution in [0.2, 0.25) is 0 Å². The molecule has 0 radical (unpaired) electrons. The Labute approximate surface area is 108 Å². The van der Waals surface area contributed by atoms with Gasteiger partial charge in [-0.25, -0.2) is 0 Å². The van der Waals surface area contributed by atoms with E-state index >= 15 is 0 Å². The van der Waals surface area contributed by atoms with Gasteiger partial charge in [0.1, 0.15) is 11.6 Å². The molecule has 2 atom stereocenters. The Bertz CT molecular complexity index is 354. The van der Waals surface area contributed by atoms with Gasteiger partial charge in [-0.3, -0.25) is 9.59 Å². The minimum absolute atomic E-state index is 0.0387. The molecule has 0 spiro atoms. The van der Waals surface area contributed by atoms with Crippen molar-refractivity contribution in [3.05, 3.63) is 0 Å². The summed E-state index contributed by atoms with van der Waals surface area (Å²) < 4.78 is 5.29. The van der Waals surface area contributed by atoms with Crippen molar-refractivity contribution < 1.29 is 14.3 Å². The number of carbonyl (C=O) groups excluding carboxylic acids is 2. The van der Waals surface area contributed by atoms with Crippen LogP contribution in [0.1, 0.15) is 33.6 Å². The van der Waals surface area contributed by atoms with Gasteiger partial charge in [0.25, 0.3) is 0 Å². The Morgan fingerprint density at radius 3 is 2.67 bits per heavy atom. The van der Waals surface area contributed by atoms with E-state index in [4.69, 9.17) is 4.74 Å². The van der Waals surface area contributed by atoms with Crippen molar-refractivity contribution in [2.75, 3.05) is 19.8 Å². The van der Waals surface area contributed by atoms with E-state index in [-0.39, 0.29) is 11.8 Å². The first-order valence-electron chi connectivity index (χ1n) is 6.71. The molecule has 1 aliphatic heterocycles. The largest absolute Gasteiger partial charge is 0.380 e. The number of nitrogens with one attached hydrogen (secondary N) is 1. The minimum atomic E-state index is -0.699. The van der Waals surface area contributed by atoms with Gasteiger partial charge in [0, 0.05) is 13.2 Å². The highest BCUT2D eigenvalue weighted by atomic mass is 16.5. The fourth-order valence-corrected chi connectivity index (χ4v) is 2.57. The summed E-state index contributed by atoms with van der Waals surface area (Å²) in [4.78, 5) is 26.2.